The Labute approximate surface area is 129 Å². The molecule has 1 aromatic carbocycles. The second-order valence-corrected chi connectivity index (χ2v) is 5.95. The predicted octanol–water partition coefficient (Wildman–Crippen LogP) is 2.04. The molecule has 2 aromatic rings. The van der Waals surface area contributed by atoms with E-state index in [1.54, 1.807) is 0 Å². The number of hydrogen-bond donors (Lipinski definition) is 1. The van der Waals surface area contributed by atoms with Gasteiger partial charge in [-0.15, -0.1) is 10.2 Å². The molecule has 1 aliphatic rings. The van der Waals surface area contributed by atoms with Crippen LogP contribution in [0, 0.1) is 5.92 Å². The molecule has 22 heavy (non-hydrogen) atoms. The van der Waals surface area contributed by atoms with Gasteiger partial charge in [-0.1, -0.05) is 50.1 Å². The van der Waals surface area contributed by atoms with E-state index in [1.165, 1.54) is 24.1 Å². The van der Waals surface area contributed by atoms with Crippen LogP contribution in [-0.4, -0.2) is 32.2 Å². The molecule has 1 amide bonds. The van der Waals surface area contributed by atoms with E-state index >= 15 is 0 Å². The Balaban J connectivity index is 1.59. The first-order valence-electron chi connectivity index (χ1n) is 7.85. The maximum absolute atomic E-state index is 12.1. The van der Waals surface area contributed by atoms with Gasteiger partial charge in [-0.2, -0.15) is 4.80 Å². The quantitative estimate of drug-likeness (QED) is 0.937. The summed E-state index contributed by atoms with van der Waals surface area (Å²) in [6.07, 6.45) is 4.70. The normalized spacial score (nSPS) is 21.5. The van der Waals surface area contributed by atoms with Crippen LogP contribution in [0.5, 0.6) is 0 Å². The summed E-state index contributed by atoms with van der Waals surface area (Å²) in [5, 5.41) is 15.3. The summed E-state index contributed by atoms with van der Waals surface area (Å²) in [5.41, 5.74) is 0.898. The smallest absolute Gasteiger partial charge is 0.243 e. The highest BCUT2D eigenvalue weighted by molar-refractivity contribution is 5.75. The SMILES string of the molecule is C[C@H]1CCCC[C@@H]1NC(=O)Cn1nnc(-c2ccccc2)n1. The lowest BCUT2D eigenvalue weighted by Gasteiger charge is -2.29. The number of hydrogen-bond acceptors (Lipinski definition) is 4. The number of nitrogens with one attached hydrogen (secondary N) is 1. The van der Waals surface area contributed by atoms with E-state index in [9.17, 15) is 4.79 Å². The van der Waals surface area contributed by atoms with E-state index in [0.717, 1.165) is 12.0 Å². The van der Waals surface area contributed by atoms with E-state index < -0.39 is 0 Å². The molecule has 0 spiro atoms. The van der Waals surface area contributed by atoms with Crippen molar-refractivity contribution >= 4 is 5.91 Å². The summed E-state index contributed by atoms with van der Waals surface area (Å²) < 4.78 is 0. The fraction of sp³-hybridized carbons (Fsp3) is 0.500. The van der Waals surface area contributed by atoms with Crippen molar-refractivity contribution in [3.8, 4) is 11.4 Å². The topological polar surface area (TPSA) is 72.7 Å². The average molecular weight is 299 g/mol. The monoisotopic (exact) mass is 299 g/mol. The fourth-order valence-electron chi connectivity index (χ4n) is 2.92. The van der Waals surface area contributed by atoms with Crippen molar-refractivity contribution in [2.45, 2.75) is 45.2 Å². The van der Waals surface area contributed by atoms with Crippen molar-refractivity contribution in [1.29, 1.82) is 0 Å². The van der Waals surface area contributed by atoms with Crippen LogP contribution in [0.1, 0.15) is 32.6 Å². The molecule has 1 fully saturated rings. The largest absolute Gasteiger partial charge is 0.351 e. The summed E-state index contributed by atoms with van der Waals surface area (Å²) >= 11 is 0. The van der Waals surface area contributed by atoms with Gasteiger partial charge >= 0.3 is 0 Å². The number of rotatable bonds is 4. The standard InChI is InChI=1S/C16H21N5O/c1-12-7-5-6-10-14(12)17-15(22)11-21-19-16(18-20-21)13-8-3-2-4-9-13/h2-4,8-9,12,14H,5-7,10-11H2,1H3,(H,17,22)/t12-,14-/m0/s1. The van der Waals surface area contributed by atoms with Crippen LogP contribution in [-0.2, 0) is 11.3 Å². The van der Waals surface area contributed by atoms with Gasteiger partial charge in [0.25, 0.3) is 0 Å². The van der Waals surface area contributed by atoms with Gasteiger partial charge in [-0.25, -0.2) is 0 Å². The zero-order chi connectivity index (χ0) is 15.4. The van der Waals surface area contributed by atoms with Crippen LogP contribution in [0.3, 0.4) is 0 Å². The lowest BCUT2D eigenvalue weighted by molar-refractivity contribution is -0.123. The fourth-order valence-corrected chi connectivity index (χ4v) is 2.92. The van der Waals surface area contributed by atoms with Gasteiger partial charge in [-0.3, -0.25) is 4.79 Å². The lowest BCUT2D eigenvalue weighted by Crippen LogP contribution is -2.42. The van der Waals surface area contributed by atoms with Crippen LogP contribution in [0.2, 0.25) is 0 Å². The number of amides is 1. The molecule has 116 valence electrons. The molecule has 6 heteroatoms. The third kappa shape index (κ3) is 3.50. The molecule has 1 aliphatic carbocycles. The molecular formula is C16H21N5O. The van der Waals surface area contributed by atoms with Crippen LogP contribution >= 0.6 is 0 Å². The Morgan fingerprint density at radius 3 is 2.82 bits per heavy atom. The second kappa shape index (κ2) is 6.68. The molecule has 0 unspecified atom stereocenters. The predicted molar refractivity (Wildman–Crippen MR) is 82.8 cm³/mol. The summed E-state index contributed by atoms with van der Waals surface area (Å²) in [7, 11) is 0. The van der Waals surface area contributed by atoms with Gasteiger partial charge in [0.2, 0.25) is 11.7 Å². The van der Waals surface area contributed by atoms with Crippen LogP contribution in [0.15, 0.2) is 30.3 Å². The van der Waals surface area contributed by atoms with Crippen LogP contribution in [0.4, 0.5) is 0 Å². The highest BCUT2D eigenvalue weighted by Crippen LogP contribution is 2.23. The lowest BCUT2D eigenvalue weighted by atomic mass is 9.86. The summed E-state index contributed by atoms with van der Waals surface area (Å²) in [5.74, 6) is 1.04. The first-order chi connectivity index (χ1) is 10.7. The molecule has 3 rings (SSSR count). The van der Waals surface area contributed by atoms with Crippen molar-refractivity contribution in [3.63, 3.8) is 0 Å². The first kappa shape index (κ1) is 14.7. The van der Waals surface area contributed by atoms with Crippen LogP contribution < -0.4 is 5.32 Å². The highest BCUT2D eigenvalue weighted by atomic mass is 16.2. The van der Waals surface area contributed by atoms with E-state index in [-0.39, 0.29) is 18.5 Å². The van der Waals surface area contributed by atoms with Gasteiger partial charge in [0.05, 0.1) is 0 Å². The molecule has 0 aliphatic heterocycles. The number of nitrogens with zero attached hydrogens (tertiary/aromatic N) is 4. The Kier molecular flexibility index (Phi) is 4.46. The Morgan fingerprint density at radius 2 is 2.05 bits per heavy atom. The van der Waals surface area contributed by atoms with Crippen molar-refractivity contribution < 1.29 is 4.79 Å². The van der Waals surface area contributed by atoms with Gasteiger partial charge in [-0.05, 0) is 24.0 Å². The minimum atomic E-state index is -0.0456. The van der Waals surface area contributed by atoms with E-state index in [0.29, 0.717) is 11.7 Å². The zero-order valence-corrected chi connectivity index (χ0v) is 12.8. The molecule has 1 saturated carbocycles. The number of tetrazole rings is 1. The van der Waals surface area contributed by atoms with Gasteiger partial charge in [0, 0.05) is 11.6 Å². The Morgan fingerprint density at radius 1 is 1.27 bits per heavy atom. The Hall–Kier alpha value is -2.24. The molecule has 2 atom stereocenters. The van der Waals surface area contributed by atoms with Gasteiger partial charge in [0.15, 0.2) is 0 Å². The average Bonchev–Trinajstić information content (AvgIpc) is 2.99. The van der Waals surface area contributed by atoms with E-state index in [4.69, 9.17) is 0 Å². The highest BCUT2D eigenvalue weighted by Gasteiger charge is 2.23. The van der Waals surface area contributed by atoms with E-state index in [2.05, 4.69) is 27.7 Å². The molecule has 1 aromatic heterocycles. The van der Waals surface area contributed by atoms with Crippen molar-refractivity contribution in [2.75, 3.05) is 0 Å². The number of carbonyl (C=O) groups is 1. The summed E-state index contributed by atoms with van der Waals surface area (Å²) in [6.45, 7) is 2.31. The second-order valence-electron chi connectivity index (χ2n) is 5.95. The third-order valence-electron chi connectivity index (χ3n) is 4.23. The van der Waals surface area contributed by atoms with Crippen molar-refractivity contribution in [3.05, 3.63) is 30.3 Å². The molecule has 6 nitrogen and oxygen atoms in total. The molecule has 1 heterocycles. The van der Waals surface area contributed by atoms with Gasteiger partial charge in [0.1, 0.15) is 6.54 Å². The van der Waals surface area contributed by atoms with Crippen LogP contribution in [0.25, 0.3) is 11.4 Å². The maximum atomic E-state index is 12.1. The third-order valence-corrected chi connectivity index (χ3v) is 4.23. The summed E-state index contributed by atoms with van der Waals surface area (Å²) in [4.78, 5) is 13.5. The minimum absolute atomic E-state index is 0.0456. The number of benzene rings is 1. The maximum Gasteiger partial charge on any atom is 0.243 e. The summed E-state index contributed by atoms with van der Waals surface area (Å²) in [6, 6.07) is 9.90. The first-order valence-corrected chi connectivity index (χ1v) is 7.85. The Bertz CT molecular complexity index is 624. The number of carbonyl (C=O) groups excluding carboxylic acids is 1. The molecule has 0 saturated heterocycles. The van der Waals surface area contributed by atoms with Crippen molar-refractivity contribution in [2.24, 2.45) is 5.92 Å². The van der Waals surface area contributed by atoms with E-state index in [1.807, 2.05) is 30.3 Å². The molecule has 0 bridgehead atoms. The van der Waals surface area contributed by atoms with Crippen molar-refractivity contribution in [1.82, 2.24) is 25.5 Å². The van der Waals surface area contributed by atoms with Gasteiger partial charge < -0.3 is 5.32 Å². The zero-order valence-electron chi connectivity index (χ0n) is 12.8. The molecule has 0 radical (unpaired) electrons. The molecular weight excluding hydrogens is 278 g/mol. The minimum Gasteiger partial charge on any atom is -0.351 e. The molecule has 1 N–H and O–H groups in total. The number of aromatic nitrogens is 4.